The van der Waals surface area contributed by atoms with Crippen LogP contribution in [0.15, 0.2) is 35.7 Å². The van der Waals surface area contributed by atoms with Gasteiger partial charge in [0.25, 0.3) is 0 Å². The Bertz CT molecular complexity index is 818. The number of hydrogen-bond acceptors (Lipinski definition) is 5. The number of carbonyl (C=O) groups excluding carboxylic acids is 1. The molecule has 0 saturated heterocycles. The Morgan fingerprint density at radius 1 is 1.34 bits per heavy atom. The summed E-state index contributed by atoms with van der Waals surface area (Å²) in [7, 11) is 0. The first-order valence-electron chi connectivity index (χ1n) is 10.3. The molecule has 6 heteroatoms. The monoisotopic (exact) mass is 416 g/mol. The normalized spacial score (nSPS) is 17.5. The maximum absolute atomic E-state index is 13.3. The minimum absolute atomic E-state index is 0.0847. The molecule has 0 saturated carbocycles. The van der Waals surface area contributed by atoms with Gasteiger partial charge in [0.1, 0.15) is 12.4 Å². The molecule has 0 radical (unpaired) electrons. The zero-order chi connectivity index (χ0) is 21.0. The van der Waals surface area contributed by atoms with E-state index in [1.165, 1.54) is 10.4 Å². The summed E-state index contributed by atoms with van der Waals surface area (Å²) in [6.07, 6.45) is 0.424. The van der Waals surface area contributed by atoms with E-state index >= 15 is 0 Å². The van der Waals surface area contributed by atoms with Crippen molar-refractivity contribution in [3.63, 3.8) is 0 Å². The topological polar surface area (TPSA) is 53.0 Å². The number of hydrogen-bond donors (Lipinski definition) is 1. The van der Waals surface area contributed by atoms with E-state index in [9.17, 15) is 9.90 Å². The lowest BCUT2D eigenvalue weighted by atomic mass is 10.00. The molecule has 29 heavy (non-hydrogen) atoms. The molecule has 1 aliphatic rings. The Kier molecular flexibility index (Phi) is 7.33. The number of benzene rings is 1. The van der Waals surface area contributed by atoms with E-state index in [0.717, 1.165) is 17.7 Å². The van der Waals surface area contributed by atoms with E-state index in [1.807, 2.05) is 41.0 Å². The van der Waals surface area contributed by atoms with E-state index in [4.69, 9.17) is 4.74 Å². The summed E-state index contributed by atoms with van der Waals surface area (Å²) in [6, 6.07) is 10.2. The summed E-state index contributed by atoms with van der Waals surface area (Å²) in [6.45, 7) is 9.86. The molecule has 1 aromatic heterocycles. The van der Waals surface area contributed by atoms with Gasteiger partial charge in [-0.05, 0) is 68.8 Å². The molecule has 0 aliphatic carbocycles. The zero-order valence-electron chi connectivity index (χ0n) is 17.8. The number of rotatable bonds is 8. The molecular weight excluding hydrogens is 384 g/mol. The van der Waals surface area contributed by atoms with Gasteiger partial charge in [0.15, 0.2) is 0 Å². The Morgan fingerprint density at radius 2 is 2.14 bits per heavy atom. The Morgan fingerprint density at radius 3 is 2.83 bits per heavy atom. The number of fused-ring (bicyclic) bond motifs is 1. The quantitative estimate of drug-likeness (QED) is 0.714. The van der Waals surface area contributed by atoms with E-state index in [0.29, 0.717) is 26.2 Å². The van der Waals surface area contributed by atoms with Crippen LogP contribution in [0.2, 0.25) is 0 Å². The molecule has 0 spiro atoms. The lowest BCUT2D eigenvalue weighted by molar-refractivity contribution is -0.136. The van der Waals surface area contributed by atoms with Crippen molar-refractivity contribution < 1.29 is 14.6 Å². The lowest BCUT2D eigenvalue weighted by Gasteiger charge is -2.38. The molecule has 2 aromatic rings. The average molecular weight is 417 g/mol. The van der Waals surface area contributed by atoms with Gasteiger partial charge in [0.2, 0.25) is 5.91 Å². The van der Waals surface area contributed by atoms with E-state index in [2.05, 4.69) is 25.3 Å². The summed E-state index contributed by atoms with van der Waals surface area (Å²) in [5.41, 5.74) is 2.36. The second-order valence-corrected chi connectivity index (χ2v) is 9.15. The summed E-state index contributed by atoms with van der Waals surface area (Å²) < 4.78 is 6.11. The fraction of sp³-hybridized carbons (Fsp3) is 0.522. The van der Waals surface area contributed by atoms with Gasteiger partial charge in [-0.1, -0.05) is 12.1 Å². The summed E-state index contributed by atoms with van der Waals surface area (Å²) in [5, 5.41) is 11.9. The van der Waals surface area contributed by atoms with Crippen molar-refractivity contribution >= 4 is 17.2 Å². The summed E-state index contributed by atoms with van der Waals surface area (Å²) in [5.74, 6) is 0.923. The molecule has 158 valence electrons. The van der Waals surface area contributed by atoms with E-state index in [1.54, 1.807) is 18.3 Å². The first-order chi connectivity index (χ1) is 13.8. The van der Waals surface area contributed by atoms with Gasteiger partial charge in [0.05, 0.1) is 18.7 Å². The van der Waals surface area contributed by atoms with Crippen LogP contribution in [0.3, 0.4) is 0 Å². The summed E-state index contributed by atoms with van der Waals surface area (Å²) >= 11 is 1.76. The van der Waals surface area contributed by atoms with Crippen molar-refractivity contribution in [3.05, 3.63) is 51.7 Å². The number of ether oxygens (including phenoxy) is 1. The third-order valence-corrected chi connectivity index (χ3v) is 6.38. The molecule has 2 heterocycles. The Labute approximate surface area is 177 Å². The molecule has 1 amide bonds. The van der Waals surface area contributed by atoms with Crippen molar-refractivity contribution in [2.45, 2.75) is 52.3 Å². The highest BCUT2D eigenvalue weighted by molar-refractivity contribution is 7.10. The van der Waals surface area contributed by atoms with Crippen LogP contribution in [0.25, 0.3) is 0 Å². The fourth-order valence-electron chi connectivity index (χ4n) is 3.82. The molecule has 0 fully saturated rings. The maximum atomic E-state index is 13.3. The van der Waals surface area contributed by atoms with Gasteiger partial charge in [-0.25, -0.2) is 0 Å². The van der Waals surface area contributed by atoms with Crippen LogP contribution in [0.1, 0.15) is 42.8 Å². The van der Waals surface area contributed by atoms with Crippen LogP contribution in [0.5, 0.6) is 5.75 Å². The molecule has 1 N–H and O–H groups in total. The van der Waals surface area contributed by atoms with Gasteiger partial charge in [-0.3, -0.25) is 9.69 Å². The first kappa shape index (κ1) is 21.8. The number of carbonyl (C=O) groups is 1. The highest BCUT2D eigenvalue weighted by Gasteiger charge is 2.33. The fourth-order valence-corrected chi connectivity index (χ4v) is 4.74. The van der Waals surface area contributed by atoms with Crippen molar-refractivity contribution in [2.24, 2.45) is 0 Å². The predicted octanol–water partition coefficient (Wildman–Crippen LogP) is 3.65. The van der Waals surface area contributed by atoms with Crippen molar-refractivity contribution in [3.8, 4) is 5.75 Å². The number of nitrogens with zero attached hydrogens (tertiary/aromatic N) is 2. The average Bonchev–Trinajstić information content (AvgIpc) is 3.14. The van der Waals surface area contributed by atoms with Gasteiger partial charge < -0.3 is 14.7 Å². The third kappa shape index (κ3) is 5.59. The highest BCUT2D eigenvalue weighted by Crippen LogP contribution is 2.34. The van der Waals surface area contributed by atoms with Crippen LogP contribution in [-0.2, 0) is 11.2 Å². The van der Waals surface area contributed by atoms with E-state index in [-0.39, 0.29) is 18.0 Å². The van der Waals surface area contributed by atoms with Crippen LogP contribution in [0, 0.1) is 6.92 Å². The highest BCUT2D eigenvalue weighted by atomic mass is 32.1. The van der Waals surface area contributed by atoms with Gasteiger partial charge >= 0.3 is 0 Å². The molecular formula is C23H32N2O3S. The van der Waals surface area contributed by atoms with Crippen LogP contribution in [0.4, 0.5) is 0 Å². The first-order valence-corrected chi connectivity index (χ1v) is 11.2. The number of thiophene rings is 1. The van der Waals surface area contributed by atoms with Gasteiger partial charge in [-0.15, -0.1) is 11.3 Å². The largest absolute Gasteiger partial charge is 0.491 e. The Hall–Kier alpha value is -1.89. The molecule has 1 aromatic carbocycles. The van der Waals surface area contributed by atoms with Crippen LogP contribution < -0.4 is 4.74 Å². The van der Waals surface area contributed by atoms with Gasteiger partial charge in [0, 0.05) is 24.0 Å². The standard InChI is InChI=1S/C23H32N2O3S/c1-16(2)24(13-18(4)26)14-23(27)25-10-8-22-20(9-11-29-22)21(25)15-28-19-7-5-6-17(3)12-19/h5-7,9,11-12,16,18,21,26H,8,10,13-15H2,1-4H3. The third-order valence-electron chi connectivity index (χ3n) is 5.38. The van der Waals surface area contributed by atoms with Crippen molar-refractivity contribution in [1.82, 2.24) is 9.80 Å². The number of aliphatic hydroxyl groups excluding tert-OH is 1. The maximum Gasteiger partial charge on any atom is 0.237 e. The minimum Gasteiger partial charge on any atom is -0.491 e. The Balaban J connectivity index is 1.75. The molecule has 2 atom stereocenters. The SMILES string of the molecule is Cc1cccc(OCC2c3ccsc3CCN2C(=O)CN(CC(C)O)C(C)C)c1. The number of aliphatic hydroxyl groups is 1. The molecule has 5 nitrogen and oxygen atoms in total. The second-order valence-electron chi connectivity index (χ2n) is 8.15. The van der Waals surface area contributed by atoms with Crippen LogP contribution >= 0.6 is 11.3 Å². The molecule has 2 unspecified atom stereocenters. The van der Waals surface area contributed by atoms with Crippen molar-refractivity contribution in [2.75, 3.05) is 26.2 Å². The number of aryl methyl sites for hydroxylation is 1. The second kappa shape index (κ2) is 9.74. The molecule has 0 bridgehead atoms. The number of amides is 1. The molecule has 3 rings (SSSR count). The lowest BCUT2D eigenvalue weighted by Crippen LogP contribution is -2.49. The van der Waals surface area contributed by atoms with Crippen LogP contribution in [-0.4, -0.2) is 59.2 Å². The summed E-state index contributed by atoms with van der Waals surface area (Å²) in [4.78, 5) is 18.6. The van der Waals surface area contributed by atoms with Crippen molar-refractivity contribution in [1.29, 1.82) is 0 Å². The van der Waals surface area contributed by atoms with Gasteiger partial charge in [-0.2, -0.15) is 0 Å². The molecule has 1 aliphatic heterocycles. The minimum atomic E-state index is -0.463. The zero-order valence-corrected chi connectivity index (χ0v) is 18.6. The predicted molar refractivity (Wildman–Crippen MR) is 118 cm³/mol. The van der Waals surface area contributed by atoms with E-state index < -0.39 is 6.10 Å². The smallest absolute Gasteiger partial charge is 0.237 e.